The van der Waals surface area contributed by atoms with E-state index in [1.165, 1.54) is 0 Å². The zero-order valence-electron chi connectivity index (χ0n) is 9.37. The molecule has 3 fully saturated rings. The molecule has 4 atom stereocenters. The van der Waals surface area contributed by atoms with Crippen molar-refractivity contribution in [2.24, 2.45) is 23.7 Å². The maximum absolute atomic E-state index is 11.8. The summed E-state index contributed by atoms with van der Waals surface area (Å²) in [6, 6.07) is 0. The minimum absolute atomic E-state index is 0.0867. The summed E-state index contributed by atoms with van der Waals surface area (Å²) in [5.74, 6) is 1.44. The largest absolute Gasteiger partial charge is 0.299 e. The van der Waals surface area contributed by atoms with Crippen LogP contribution in [-0.4, -0.2) is 11.6 Å². The maximum Gasteiger partial charge on any atom is 0.140 e. The van der Waals surface area contributed by atoms with Gasteiger partial charge in [-0.1, -0.05) is 24.3 Å². The monoisotopic (exact) mass is 216 g/mol. The zero-order chi connectivity index (χ0) is 11.4. The van der Waals surface area contributed by atoms with Gasteiger partial charge < -0.3 is 0 Å². The second-order valence-electron chi connectivity index (χ2n) is 5.50. The van der Waals surface area contributed by atoms with E-state index in [0.717, 1.165) is 24.0 Å². The van der Waals surface area contributed by atoms with Gasteiger partial charge in [0.2, 0.25) is 0 Å². The fraction of sp³-hybridized carbons (Fsp3) is 0.571. The number of allylic oxidation sites excluding steroid dienone is 2. The van der Waals surface area contributed by atoms with Crippen LogP contribution in [0.15, 0.2) is 24.3 Å². The van der Waals surface area contributed by atoms with Gasteiger partial charge in [-0.25, -0.2) is 0 Å². The Morgan fingerprint density at radius 1 is 0.750 bits per heavy atom. The maximum atomic E-state index is 11.8. The molecule has 0 aliphatic heterocycles. The number of fused-ring (bicyclic) bond motifs is 2. The van der Waals surface area contributed by atoms with Gasteiger partial charge in [0.05, 0.1) is 0 Å². The van der Waals surface area contributed by atoms with Crippen LogP contribution < -0.4 is 0 Å². The van der Waals surface area contributed by atoms with Gasteiger partial charge in [0.25, 0.3) is 0 Å². The van der Waals surface area contributed by atoms with Crippen LogP contribution in [0, 0.1) is 23.7 Å². The molecule has 0 radical (unpaired) electrons. The highest BCUT2D eigenvalue weighted by molar-refractivity contribution is 5.91. The van der Waals surface area contributed by atoms with Gasteiger partial charge >= 0.3 is 0 Å². The van der Waals surface area contributed by atoms with E-state index < -0.39 is 0 Å². The van der Waals surface area contributed by atoms with Gasteiger partial charge in [0.15, 0.2) is 0 Å². The van der Waals surface area contributed by atoms with Crippen molar-refractivity contribution in [3.63, 3.8) is 0 Å². The minimum atomic E-state index is 0.0867. The Morgan fingerprint density at radius 2 is 1.12 bits per heavy atom. The van der Waals surface area contributed by atoms with Crippen LogP contribution in [0.2, 0.25) is 0 Å². The minimum Gasteiger partial charge on any atom is -0.299 e. The van der Waals surface area contributed by atoms with E-state index in [1.807, 2.05) is 0 Å². The van der Waals surface area contributed by atoms with Crippen LogP contribution in [0.5, 0.6) is 0 Å². The first-order valence-electron chi connectivity index (χ1n) is 5.98. The molecule has 16 heavy (non-hydrogen) atoms. The van der Waals surface area contributed by atoms with Crippen LogP contribution in [-0.2, 0) is 9.59 Å². The fourth-order valence-corrected chi connectivity index (χ4v) is 3.79. The molecule has 2 heteroatoms. The van der Waals surface area contributed by atoms with Crippen molar-refractivity contribution in [3.05, 3.63) is 24.3 Å². The molecular formula is C14H16O2. The van der Waals surface area contributed by atoms with Crippen molar-refractivity contribution >= 4 is 11.6 Å². The van der Waals surface area contributed by atoms with Gasteiger partial charge in [-0.15, -0.1) is 0 Å². The summed E-state index contributed by atoms with van der Waals surface area (Å²) in [5, 5.41) is 0. The first kappa shape index (κ1) is 10.0. The molecule has 0 spiro atoms. The van der Waals surface area contributed by atoms with Crippen LogP contribution in [0.1, 0.15) is 25.7 Å². The van der Waals surface area contributed by atoms with Gasteiger partial charge in [-0.05, 0) is 24.7 Å². The van der Waals surface area contributed by atoms with Crippen molar-refractivity contribution in [1.82, 2.24) is 0 Å². The van der Waals surface area contributed by atoms with Crippen LogP contribution in [0.4, 0.5) is 0 Å². The van der Waals surface area contributed by atoms with E-state index in [0.29, 0.717) is 36.2 Å². The highest BCUT2D eigenvalue weighted by Gasteiger charge is 2.50. The predicted molar refractivity (Wildman–Crippen MR) is 60.7 cm³/mol. The molecule has 3 saturated carbocycles. The van der Waals surface area contributed by atoms with E-state index in [1.54, 1.807) is 0 Å². The van der Waals surface area contributed by atoms with Crippen LogP contribution in [0.25, 0.3) is 0 Å². The summed E-state index contributed by atoms with van der Waals surface area (Å²) in [4.78, 5) is 23.6. The number of hydrogen-bond donors (Lipinski definition) is 0. The lowest BCUT2D eigenvalue weighted by molar-refractivity contribution is -0.126. The smallest absolute Gasteiger partial charge is 0.140 e. The molecule has 0 aromatic carbocycles. The average Bonchev–Trinajstić information content (AvgIpc) is 2.67. The topological polar surface area (TPSA) is 34.1 Å². The quantitative estimate of drug-likeness (QED) is 0.582. The van der Waals surface area contributed by atoms with E-state index in [9.17, 15) is 9.59 Å². The van der Waals surface area contributed by atoms with Crippen LogP contribution in [0.3, 0.4) is 0 Å². The summed E-state index contributed by atoms with van der Waals surface area (Å²) in [6.07, 6.45) is 2.76. The first-order valence-corrected chi connectivity index (χ1v) is 5.98. The van der Waals surface area contributed by atoms with Crippen molar-refractivity contribution in [3.8, 4) is 0 Å². The molecular weight excluding hydrogens is 200 g/mol. The lowest BCUT2D eigenvalue weighted by Crippen LogP contribution is -2.32. The Bertz CT molecular complexity index is 342. The first-order chi connectivity index (χ1) is 7.58. The molecule has 0 aromatic heterocycles. The van der Waals surface area contributed by atoms with E-state index in [2.05, 4.69) is 13.2 Å². The van der Waals surface area contributed by atoms with Crippen molar-refractivity contribution in [2.45, 2.75) is 25.7 Å². The van der Waals surface area contributed by atoms with Crippen molar-refractivity contribution < 1.29 is 9.59 Å². The van der Waals surface area contributed by atoms with E-state index in [-0.39, 0.29) is 11.8 Å². The summed E-state index contributed by atoms with van der Waals surface area (Å²) in [5.41, 5.74) is 2.17. The Hall–Kier alpha value is -1.18. The molecule has 2 nitrogen and oxygen atoms in total. The summed E-state index contributed by atoms with van der Waals surface area (Å²) in [7, 11) is 0. The van der Waals surface area contributed by atoms with Crippen LogP contribution >= 0.6 is 0 Å². The Balaban J connectivity index is 1.92. The Kier molecular flexibility index (Phi) is 1.97. The van der Waals surface area contributed by atoms with Gasteiger partial charge in [0.1, 0.15) is 11.6 Å². The third-order valence-corrected chi connectivity index (χ3v) is 4.67. The van der Waals surface area contributed by atoms with Crippen molar-refractivity contribution in [1.29, 1.82) is 0 Å². The molecule has 0 aromatic rings. The molecule has 0 heterocycles. The number of hydrogen-bond acceptors (Lipinski definition) is 2. The molecule has 0 bridgehead atoms. The molecule has 0 saturated heterocycles. The third-order valence-electron chi connectivity index (χ3n) is 4.67. The molecule has 3 rings (SSSR count). The standard InChI is InChI=1S/C14H16O2/c1-7-3-13(15)11-6-12-10(5-9(7)11)8(2)4-14(12)16/h9-12H,1-6H2. The summed E-state index contributed by atoms with van der Waals surface area (Å²) < 4.78 is 0. The van der Waals surface area contributed by atoms with Gasteiger partial charge in [0, 0.05) is 24.7 Å². The molecule has 0 amide bonds. The SMILES string of the molecule is C=C1CC(=O)C2CC3C(=O)CC(=C)C3CC12. The summed E-state index contributed by atoms with van der Waals surface area (Å²) >= 11 is 0. The van der Waals surface area contributed by atoms with Crippen molar-refractivity contribution in [2.75, 3.05) is 0 Å². The number of Topliss-reactive ketones (excluding diaryl/α,β-unsaturated/α-hetero) is 2. The number of carbonyl (C=O) groups excluding carboxylic acids is 2. The summed E-state index contributed by atoms with van der Waals surface area (Å²) in [6.45, 7) is 8.02. The van der Waals surface area contributed by atoms with Gasteiger partial charge in [-0.2, -0.15) is 0 Å². The molecule has 84 valence electrons. The predicted octanol–water partition coefficient (Wildman–Crippen LogP) is 2.30. The lowest BCUT2D eigenvalue weighted by Gasteiger charge is -2.33. The highest BCUT2D eigenvalue weighted by Crippen LogP contribution is 2.52. The number of ketones is 2. The zero-order valence-corrected chi connectivity index (χ0v) is 9.37. The molecule has 3 aliphatic carbocycles. The normalized spacial score (nSPS) is 42.5. The molecule has 4 unspecified atom stereocenters. The number of carbonyl (C=O) groups is 2. The van der Waals surface area contributed by atoms with E-state index in [4.69, 9.17) is 0 Å². The lowest BCUT2D eigenvalue weighted by atomic mass is 9.69. The number of rotatable bonds is 0. The van der Waals surface area contributed by atoms with Gasteiger partial charge in [-0.3, -0.25) is 9.59 Å². The molecule has 0 N–H and O–H groups in total. The Labute approximate surface area is 95.4 Å². The highest BCUT2D eigenvalue weighted by atomic mass is 16.1. The van der Waals surface area contributed by atoms with E-state index >= 15 is 0 Å². The average molecular weight is 216 g/mol. The third kappa shape index (κ3) is 1.19. The second kappa shape index (κ2) is 3.16. The Morgan fingerprint density at radius 3 is 1.56 bits per heavy atom. The fourth-order valence-electron chi connectivity index (χ4n) is 3.79. The molecule has 3 aliphatic rings. The second-order valence-corrected chi connectivity index (χ2v) is 5.50.